The molecule has 2 aromatic heterocycles. The molecule has 0 saturated carbocycles. The number of pyridine rings is 1. The van der Waals surface area contributed by atoms with Gasteiger partial charge in [0.25, 0.3) is 5.91 Å². The molecular weight excluding hydrogens is 323 g/mol. The number of benzene rings is 1. The fourth-order valence-corrected chi connectivity index (χ4v) is 2.78. The van der Waals surface area contributed by atoms with Gasteiger partial charge in [-0.25, -0.2) is 9.37 Å². The maximum atomic E-state index is 13.4. The zero-order chi connectivity index (χ0) is 18.0. The third-order valence-corrected chi connectivity index (χ3v) is 4.24. The number of amides is 1. The summed E-state index contributed by atoms with van der Waals surface area (Å²) in [5.41, 5.74) is 0.0520. The Balaban J connectivity index is 1.73. The first-order chi connectivity index (χ1) is 12.0. The number of nitrogens with zero attached hydrogens (tertiary/aromatic N) is 3. The van der Waals surface area contributed by atoms with Gasteiger partial charge >= 0.3 is 0 Å². The van der Waals surface area contributed by atoms with Gasteiger partial charge in [-0.15, -0.1) is 0 Å². The number of nitrogens with one attached hydrogen (secondary N) is 1. The number of halogens is 1. The van der Waals surface area contributed by atoms with E-state index < -0.39 is 11.2 Å². The molecule has 130 valence electrons. The second kappa shape index (κ2) is 6.88. The number of aromatic nitrogens is 3. The van der Waals surface area contributed by atoms with Gasteiger partial charge in [0.1, 0.15) is 17.2 Å². The molecule has 0 aliphatic heterocycles. The van der Waals surface area contributed by atoms with Crippen LogP contribution in [0.3, 0.4) is 0 Å². The Morgan fingerprint density at radius 3 is 2.92 bits per heavy atom. The predicted octanol–water partition coefficient (Wildman–Crippen LogP) is 2.33. The molecular formula is C18H19FN4O2. The Kier molecular flexibility index (Phi) is 4.65. The van der Waals surface area contributed by atoms with Crippen LogP contribution in [0.25, 0.3) is 10.9 Å². The molecule has 1 aromatic carbocycles. The van der Waals surface area contributed by atoms with Crippen molar-refractivity contribution in [3.63, 3.8) is 0 Å². The lowest BCUT2D eigenvalue weighted by atomic mass is 10.1. The number of aromatic amines is 1. The fourth-order valence-electron chi connectivity index (χ4n) is 2.78. The summed E-state index contributed by atoms with van der Waals surface area (Å²) in [6, 6.07) is 3.90. The smallest absolute Gasteiger partial charge is 0.259 e. The quantitative estimate of drug-likeness (QED) is 0.774. The van der Waals surface area contributed by atoms with E-state index in [1.807, 2.05) is 17.7 Å². The largest absolute Gasteiger partial charge is 0.360 e. The van der Waals surface area contributed by atoms with Gasteiger partial charge in [0.2, 0.25) is 5.43 Å². The summed E-state index contributed by atoms with van der Waals surface area (Å²) >= 11 is 0. The number of rotatable bonds is 5. The summed E-state index contributed by atoms with van der Waals surface area (Å²) in [6.45, 7) is 3.16. The van der Waals surface area contributed by atoms with E-state index >= 15 is 0 Å². The van der Waals surface area contributed by atoms with Crippen molar-refractivity contribution in [1.82, 2.24) is 19.4 Å². The lowest BCUT2D eigenvalue weighted by Gasteiger charge is -2.17. The molecule has 0 aliphatic carbocycles. The maximum absolute atomic E-state index is 13.4. The summed E-state index contributed by atoms with van der Waals surface area (Å²) < 4.78 is 15.4. The second-order valence-electron chi connectivity index (χ2n) is 5.97. The average molecular weight is 342 g/mol. The van der Waals surface area contributed by atoms with E-state index in [9.17, 15) is 14.0 Å². The number of carbonyl (C=O) groups excluding carboxylic acids is 1. The highest BCUT2D eigenvalue weighted by Crippen LogP contribution is 2.11. The van der Waals surface area contributed by atoms with Crippen LogP contribution in [-0.4, -0.2) is 38.9 Å². The minimum absolute atomic E-state index is 0.0133. The van der Waals surface area contributed by atoms with Crippen molar-refractivity contribution < 1.29 is 9.18 Å². The molecule has 0 unspecified atom stereocenters. The van der Waals surface area contributed by atoms with Gasteiger partial charge in [-0.1, -0.05) is 0 Å². The van der Waals surface area contributed by atoms with Crippen LogP contribution in [0.4, 0.5) is 4.39 Å². The molecule has 1 amide bonds. The number of hydrogen-bond acceptors (Lipinski definition) is 3. The SMILES string of the molecule is Cc1nccn1CCCN(C)C(=O)c1c[nH]c2ccc(F)cc2c1=O. The van der Waals surface area contributed by atoms with E-state index in [0.717, 1.165) is 24.9 Å². The van der Waals surface area contributed by atoms with Crippen molar-refractivity contribution in [1.29, 1.82) is 0 Å². The molecule has 1 N–H and O–H groups in total. The molecule has 0 aliphatic rings. The molecule has 7 heteroatoms. The highest BCUT2D eigenvalue weighted by atomic mass is 19.1. The van der Waals surface area contributed by atoms with Crippen LogP contribution < -0.4 is 5.43 Å². The number of H-pyrrole nitrogens is 1. The lowest BCUT2D eigenvalue weighted by Crippen LogP contribution is -2.32. The van der Waals surface area contributed by atoms with Gasteiger partial charge in [0, 0.05) is 49.6 Å². The Morgan fingerprint density at radius 1 is 1.40 bits per heavy atom. The van der Waals surface area contributed by atoms with Gasteiger partial charge in [0.15, 0.2) is 0 Å². The van der Waals surface area contributed by atoms with Gasteiger partial charge < -0.3 is 14.5 Å². The van der Waals surface area contributed by atoms with Gasteiger partial charge in [-0.3, -0.25) is 9.59 Å². The topological polar surface area (TPSA) is 71.0 Å². The number of aryl methyl sites for hydroxylation is 2. The molecule has 0 bridgehead atoms. The monoisotopic (exact) mass is 342 g/mol. The minimum atomic E-state index is -0.508. The standard InChI is InChI=1S/C18H19FN4O2/c1-12-20-6-9-23(12)8-3-7-22(2)18(25)15-11-21-16-5-4-13(19)10-14(16)17(15)24/h4-6,9-11H,3,7-8H2,1-2H3,(H,21,24). The second-order valence-corrected chi connectivity index (χ2v) is 5.97. The Labute approximate surface area is 143 Å². The van der Waals surface area contributed by atoms with Crippen LogP contribution in [0.5, 0.6) is 0 Å². The number of fused-ring (bicyclic) bond motifs is 1. The van der Waals surface area contributed by atoms with Crippen LogP contribution in [0.15, 0.2) is 41.6 Å². The summed E-state index contributed by atoms with van der Waals surface area (Å²) in [5, 5.41) is 0.174. The number of imidazole rings is 1. The highest BCUT2D eigenvalue weighted by Gasteiger charge is 2.17. The first-order valence-corrected chi connectivity index (χ1v) is 8.01. The first-order valence-electron chi connectivity index (χ1n) is 8.01. The molecule has 0 atom stereocenters. The average Bonchev–Trinajstić information content (AvgIpc) is 3.00. The lowest BCUT2D eigenvalue weighted by molar-refractivity contribution is 0.0790. The molecule has 3 rings (SSSR count). The Bertz CT molecular complexity index is 977. The molecule has 3 aromatic rings. The van der Waals surface area contributed by atoms with Gasteiger partial charge in [-0.05, 0) is 31.5 Å². The Hall–Kier alpha value is -2.96. The van der Waals surface area contributed by atoms with E-state index in [-0.39, 0.29) is 16.9 Å². The summed E-state index contributed by atoms with van der Waals surface area (Å²) in [5.74, 6) is 0.0309. The van der Waals surface area contributed by atoms with Crippen molar-refractivity contribution in [2.24, 2.45) is 0 Å². The van der Waals surface area contributed by atoms with Gasteiger partial charge in [-0.2, -0.15) is 0 Å². The summed E-state index contributed by atoms with van der Waals surface area (Å²) in [4.78, 5) is 33.6. The zero-order valence-corrected chi connectivity index (χ0v) is 14.1. The molecule has 0 fully saturated rings. The van der Waals surface area contributed by atoms with Crippen LogP contribution >= 0.6 is 0 Å². The highest BCUT2D eigenvalue weighted by molar-refractivity contribution is 5.96. The molecule has 0 saturated heterocycles. The molecule has 6 nitrogen and oxygen atoms in total. The third-order valence-electron chi connectivity index (χ3n) is 4.24. The summed E-state index contributed by atoms with van der Waals surface area (Å²) in [6.07, 6.45) is 5.75. The van der Waals surface area contributed by atoms with E-state index in [4.69, 9.17) is 0 Å². The van der Waals surface area contributed by atoms with E-state index in [0.29, 0.717) is 12.1 Å². The first kappa shape index (κ1) is 16.9. The molecule has 0 radical (unpaired) electrons. The van der Waals surface area contributed by atoms with Gasteiger partial charge in [0.05, 0.1) is 0 Å². The summed E-state index contributed by atoms with van der Waals surface area (Å²) in [7, 11) is 1.65. The van der Waals surface area contributed by atoms with E-state index in [1.54, 1.807) is 13.2 Å². The predicted molar refractivity (Wildman–Crippen MR) is 93.1 cm³/mol. The van der Waals surface area contributed by atoms with E-state index in [2.05, 4.69) is 9.97 Å². The van der Waals surface area contributed by atoms with Crippen molar-refractivity contribution in [2.45, 2.75) is 19.9 Å². The van der Waals surface area contributed by atoms with Crippen LogP contribution in [-0.2, 0) is 6.54 Å². The van der Waals surface area contributed by atoms with Crippen LogP contribution in [0.2, 0.25) is 0 Å². The van der Waals surface area contributed by atoms with Crippen LogP contribution in [0, 0.1) is 12.7 Å². The number of hydrogen-bond donors (Lipinski definition) is 1. The van der Waals surface area contributed by atoms with Crippen molar-refractivity contribution >= 4 is 16.8 Å². The number of carbonyl (C=O) groups is 1. The van der Waals surface area contributed by atoms with Crippen molar-refractivity contribution in [3.8, 4) is 0 Å². The normalized spacial score (nSPS) is 11.0. The van der Waals surface area contributed by atoms with Crippen molar-refractivity contribution in [2.75, 3.05) is 13.6 Å². The maximum Gasteiger partial charge on any atom is 0.259 e. The third kappa shape index (κ3) is 3.45. The molecule has 0 spiro atoms. The minimum Gasteiger partial charge on any atom is -0.360 e. The van der Waals surface area contributed by atoms with Crippen molar-refractivity contribution in [3.05, 3.63) is 64.2 Å². The van der Waals surface area contributed by atoms with Crippen LogP contribution in [0.1, 0.15) is 22.6 Å². The Morgan fingerprint density at radius 2 is 2.20 bits per heavy atom. The molecule has 25 heavy (non-hydrogen) atoms. The zero-order valence-electron chi connectivity index (χ0n) is 14.1. The molecule has 2 heterocycles. The fraction of sp³-hybridized carbons (Fsp3) is 0.278. The van der Waals surface area contributed by atoms with E-state index in [1.165, 1.54) is 23.2 Å².